The second kappa shape index (κ2) is 12.1. The fourth-order valence-electron chi connectivity index (χ4n) is 6.23. The normalized spacial score (nSPS) is 18.2. The van der Waals surface area contributed by atoms with Gasteiger partial charge in [0.25, 0.3) is 0 Å². The molecule has 2 aliphatic rings. The van der Waals surface area contributed by atoms with Gasteiger partial charge in [0, 0.05) is 36.7 Å². The first-order chi connectivity index (χ1) is 21.4. The van der Waals surface area contributed by atoms with Crippen LogP contribution in [0.25, 0.3) is 32.8 Å². The van der Waals surface area contributed by atoms with E-state index in [1.807, 2.05) is 25.7 Å². The molecule has 2 fully saturated rings. The van der Waals surface area contributed by atoms with Gasteiger partial charge in [0.2, 0.25) is 0 Å². The Labute approximate surface area is 271 Å². The topological polar surface area (TPSA) is 77.0 Å². The van der Waals surface area contributed by atoms with Gasteiger partial charge in [-0.05, 0) is 79.4 Å². The molecule has 1 aromatic heterocycles. The molecule has 13 heteroatoms. The Hall–Kier alpha value is -3.29. The van der Waals surface area contributed by atoms with Crippen LogP contribution in [0.3, 0.4) is 0 Å². The Kier molecular flexibility index (Phi) is 8.55. The first-order valence-electron chi connectivity index (χ1n) is 14.4. The number of amides is 1. The minimum Gasteiger partial charge on any atom is -0.468 e. The smallest absolute Gasteiger partial charge is 0.410 e. The molecule has 2 saturated heterocycles. The Morgan fingerprint density at radius 2 is 1.78 bits per heavy atom. The number of anilines is 1. The van der Waals surface area contributed by atoms with Crippen LogP contribution in [0.2, 0.25) is 0 Å². The summed E-state index contributed by atoms with van der Waals surface area (Å²) in [6, 6.07) is 7.16. The molecule has 4 aromatic rings. The van der Waals surface area contributed by atoms with Crippen molar-refractivity contribution in [2.45, 2.75) is 56.5 Å². The maximum Gasteiger partial charge on any atom is 0.410 e. The number of halogens is 4. The monoisotopic (exact) mass is 704 g/mol. The Balaban J connectivity index is 1.53. The van der Waals surface area contributed by atoms with E-state index in [0.29, 0.717) is 24.2 Å². The van der Waals surface area contributed by atoms with Crippen molar-refractivity contribution in [3.8, 4) is 16.9 Å². The Bertz CT molecular complexity index is 1810. The largest absolute Gasteiger partial charge is 0.468 e. The first kappa shape index (κ1) is 31.7. The van der Waals surface area contributed by atoms with E-state index in [9.17, 15) is 4.79 Å². The highest BCUT2D eigenvalue weighted by Crippen LogP contribution is 2.46. The summed E-state index contributed by atoms with van der Waals surface area (Å²) in [6.07, 6.45) is 2.85. The number of ether oxygens (including phenoxy) is 3. The van der Waals surface area contributed by atoms with Gasteiger partial charge in [-0.1, -0.05) is 23.9 Å². The molecule has 0 spiro atoms. The molecule has 0 aliphatic carbocycles. The van der Waals surface area contributed by atoms with Gasteiger partial charge in [-0.15, -0.1) is 0 Å². The maximum atomic E-state index is 17.1. The van der Waals surface area contributed by atoms with Crippen molar-refractivity contribution in [2.75, 3.05) is 38.1 Å². The lowest BCUT2D eigenvalue weighted by Crippen LogP contribution is -2.57. The van der Waals surface area contributed by atoms with Crippen LogP contribution in [0.15, 0.2) is 40.0 Å². The van der Waals surface area contributed by atoms with Gasteiger partial charge in [-0.25, -0.2) is 27.9 Å². The van der Waals surface area contributed by atoms with E-state index in [2.05, 4.69) is 25.9 Å². The van der Waals surface area contributed by atoms with Gasteiger partial charge in [-0.2, -0.15) is 0 Å². The summed E-state index contributed by atoms with van der Waals surface area (Å²) in [6.45, 7) is 6.06. The van der Waals surface area contributed by atoms with Crippen molar-refractivity contribution in [1.29, 1.82) is 0 Å². The van der Waals surface area contributed by atoms with Crippen molar-refractivity contribution in [3.05, 3.63) is 52.3 Å². The number of hydrogen-bond donors (Lipinski definition) is 0. The fourth-order valence-corrected chi connectivity index (χ4v) is 7.17. The van der Waals surface area contributed by atoms with E-state index in [1.165, 1.54) is 37.1 Å². The molecule has 0 N–H and O–H groups in total. The first-order valence-corrected chi connectivity index (χ1v) is 16.5. The third-order valence-corrected chi connectivity index (χ3v) is 9.30. The fraction of sp³-hybridized carbons (Fsp3) is 0.406. The number of rotatable bonds is 6. The van der Waals surface area contributed by atoms with Crippen LogP contribution < -0.4 is 9.64 Å². The quantitative estimate of drug-likeness (QED) is 0.0867. The molecule has 3 aromatic carbocycles. The number of carbonyl (C=O) groups is 1. The molecule has 8 nitrogen and oxygen atoms in total. The van der Waals surface area contributed by atoms with Crippen LogP contribution in [0.5, 0.6) is 5.75 Å². The van der Waals surface area contributed by atoms with Crippen LogP contribution in [-0.2, 0) is 9.47 Å². The van der Waals surface area contributed by atoms with Gasteiger partial charge in [-0.3, -0.25) is 4.90 Å². The van der Waals surface area contributed by atoms with Crippen LogP contribution in [0.1, 0.15) is 33.6 Å². The molecule has 0 saturated carbocycles. The molecule has 1 amide bonds. The number of hydrogen-bond acceptors (Lipinski definition) is 8. The molecular formula is C32H32BrF3N4O4S. The summed E-state index contributed by atoms with van der Waals surface area (Å²) < 4.78 is 65.0. The highest BCUT2D eigenvalue weighted by atomic mass is 79.9. The minimum absolute atomic E-state index is 0.0941. The molecule has 2 bridgehead atoms. The summed E-state index contributed by atoms with van der Waals surface area (Å²) in [7, 11) is 1.46. The van der Waals surface area contributed by atoms with E-state index in [1.54, 1.807) is 23.3 Å². The zero-order valence-corrected chi connectivity index (χ0v) is 27.8. The molecule has 6 rings (SSSR count). The lowest BCUT2D eigenvalue weighted by molar-refractivity contribution is 0.0122. The molecular weight excluding hydrogens is 673 g/mol. The maximum absolute atomic E-state index is 17.1. The predicted octanol–water partition coefficient (Wildman–Crippen LogP) is 7.92. The summed E-state index contributed by atoms with van der Waals surface area (Å²) in [5.74, 6) is -1.70. The SMILES string of the molecule is COCOc1cc(-c2c(Br)c(F)c3nc(SC)nc(N4C[C@H]5CC[C@@H](C4)N5C(=O)OC(C)(C)C)c3c2F)c2c(F)cccc2c1. The molecule has 0 unspecified atom stereocenters. The molecule has 0 radical (unpaired) electrons. The van der Waals surface area contributed by atoms with Gasteiger partial charge in [0.1, 0.15) is 34.3 Å². The number of benzene rings is 3. The number of piperazine rings is 1. The number of methoxy groups -OCH3 is 1. The highest BCUT2D eigenvalue weighted by Gasteiger charge is 2.45. The van der Waals surface area contributed by atoms with Crippen molar-refractivity contribution in [1.82, 2.24) is 14.9 Å². The van der Waals surface area contributed by atoms with Crippen LogP contribution >= 0.6 is 27.7 Å². The lowest BCUT2D eigenvalue weighted by atomic mass is 9.95. The number of carbonyl (C=O) groups excluding carboxylic acids is 1. The van der Waals surface area contributed by atoms with Gasteiger partial charge in [0.15, 0.2) is 17.8 Å². The number of thioether (sulfide) groups is 1. The van der Waals surface area contributed by atoms with E-state index < -0.39 is 23.1 Å². The van der Waals surface area contributed by atoms with Crippen molar-refractivity contribution in [2.24, 2.45) is 0 Å². The van der Waals surface area contributed by atoms with Gasteiger partial charge >= 0.3 is 6.09 Å². The third-order valence-electron chi connectivity index (χ3n) is 8.01. The van der Waals surface area contributed by atoms with Crippen LogP contribution in [0, 0.1) is 17.5 Å². The Morgan fingerprint density at radius 1 is 1.07 bits per heavy atom. The van der Waals surface area contributed by atoms with E-state index in [0.717, 1.165) is 12.8 Å². The number of fused-ring (bicyclic) bond motifs is 4. The number of nitrogens with zero attached hydrogens (tertiary/aromatic N) is 4. The Morgan fingerprint density at radius 3 is 2.42 bits per heavy atom. The third kappa shape index (κ3) is 5.78. The minimum atomic E-state index is -0.809. The van der Waals surface area contributed by atoms with Gasteiger partial charge in [0.05, 0.1) is 21.9 Å². The molecule has 238 valence electrons. The van der Waals surface area contributed by atoms with Crippen molar-refractivity contribution >= 4 is 61.3 Å². The molecule has 3 heterocycles. The van der Waals surface area contributed by atoms with Crippen molar-refractivity contribution in [3.63, 3.8) is 0 Å². The summed E-state index contributed by atoms with van der Waals surface area (Å²) in [4.78, 5) is 25.8. The zero-order valence-electron chi connectivity index (χ0n) is 25.4. The van der Waals surface area contributed by atoms with E-state index in [-0.39, 0.29) is 67.8 Å². The molecule has 45 heavy (non-hydrogen) atoms. The summed E-state index contributed by atoms with van der Waals surface area (Å²) >= 11 is 4.49. The average molecular weight is 706 g/mol. The van der Waals surface area contributed by atoms with Crippen LogP contribution in [-0.4, -0.2) is 71.9 Å². The second-order valence-electron chi connectivity index (χ2n) is 12.1. The van der Waals surface area contributed by atoms with Gasteiger partial charge < -0.3 is 19.1 Å². The standard InChI is InChI=1S/C32H32BrF3N4O4S/c1-32(2,3)44-31(41)40-17-9-10-18(40)14-39(13-17)29-24-26(35)23(25(33)27(36)28(24)37-30(38-29)45-5)20-12-19(43-15-42-4)11-16-7-6-8-21(34)22(16)20/h6-8,11-12,17-18H,9-10,13-15H2,1-5H3/t17-,18+. The molecule has 2 aliphatic heterocycles. The predicted molar refractivity (Wildman–Crippen MR) is 171 cm³/mol. The molecule has 2 atom stereocenters. The van der Waals surface area contributed by atoms with Crippen LogP contribution in [0.4, 0.5) is 23.8 Å². The number of aromatic nitrogens is 2. The highest BCUT2D eigenvalue weighted by molar-refractivity contribution is 9.10. The average Bonchev–Trinajstić information content (AvgIpc) is 3.26. The van der Waals surface area contributed by atoms with E-state index in [4.69, 9.17) is 14.2 Å². The lowest BCUT2D eigenvalue weighted by Gasteiger charge is -2.42. The van der Waals surface area contributed by atoms with E-state index >= 15 is 13.2 Å². The second-order valence-corrected chi connectivity index (χ2v) is 13.7. The van der Waals surface area contributed by atoms with Crippen molar-refractivity contribution < 1.29 is 32.2 Å². The summed E-state index contributed by atoms with van der Waals surface area (Å²) in [5, 5.41) is 0.687. The zero-order chi connectivity index (χ0) is 32.2. The summed E-state index contributed by atoms with van der Waals surface area (Å²) in [5.41, 5.74) is -0.938.